The number of nitrogens with zero attached hydrogens (tertiary/aromatic N) is 2. The van der Waals surface area contributed by atoms with Crippen LogP contribution >= 0.6 is 0 Å². The predicted molar refractivity (Wildman–Crippen MR) is 230 cm³/mol. The normalized spacial score (nSPS) is 23.9. The fourth-order valence-electron chi connectivity index (χ4n) is 6.39. The van der Waals surface area contributed by atoms with E-state index in [4.69, 9.17) is 43.6 Å². The zero-order valence-corrected chi connectivity index (χ0v) is 38.9. The number of alkyl carbamates (subject to hydrolysis) is 3. The monoisotopic (exact) mass is 928 g/mol. The second-order valence-corrected chi connectivity index (χ2v) is 18.6. The fourth-order valence-corrected chi connectivity index (χ4v) is 6.39. The van der Waals surface area contributed by atoms with E-state index in [2.05, 4.69) is 16.0 Å². The molecule has 0 bridgehead atoms. The first-order valence-electron chi connectivity index (χ1n) is 21.2. The number of non-ortho nitro benzene ring substituents is 1. The Kier molecular flexibility index (Phi) is 19.6. The molecule has 0 radical (unpaired) electrons. The molecule has 10 atom stereocenters. The molecule has 4 amide bonds. The molecule has 1 aromatic carbocycles. The third-order valence-corrected chi connectivity index (χ3v) is 9.56. The molecule has 2 aliphatic rings. The highest BCUT2D eigenvalue weighted by molar-refractivity contribution is 5.70. The second kappa shape index (κ2) is 23.4. The molecule has 1 aliphatic heterocycles. The van der Waals surface area contributed by atoms with Crippen molar-refractivity contribution in [2.75, 3.05) is 26.8 Å². The van der Waals surface area contributed by atoms with Crippen LogP contribution in [-0.2, 0) is 44.5 Å². The quantitative estimate of drug-likeness (QED) is 0.0511. The first-order chi connectivity index (χ1) is 30.1. The van der Waals surface area contributed by atoms with Gasteiger partial charge in [0.05, 0.1) is 48.8 Å². The van der Waals surface area contributed by atoms with E-state index >= 15 is 0 Å². The molecule has 1 fully saturated rings. The average Bonchev–Trinajstić information content (AvgIpc) is 3.18. The van der Waals surface area contributed by atoms with E-state index in [9.17, 15) is 44.6 Å². The number of nitro groups is 1. The Morgan fingerprint density at radius 1 is 0.923 bits per heavy atom. The number of nitrogens with one attached hydrogen (secondary N) is 3. The third kappa shape index (κ3) is 18.0. The van der Waals surface area contributed by atoms with Crippen LogP contribution in [0.2, 0.25) is 0 Å². The van der Waals surface area contributed by atoms with Gasteiger partial charge < -0.3 is 79.8 Å². The number of ether oxygens (including phenoxy) is 8. The van der Waals surface area contributed by atoms with E-state index in [0.29, 0.717) is 5.56 Å². The molecule has 0 saturated heterocycles. The highest BCUT2D eigenvalue weighted by atomic mass is 16.7. The number of likely N-dealkylation sites (N-methyl/N-ethyl adjacent to an activating group) is 1. The standard InChI is InChI=1S/C42H68N6O17/c1-23(47(11)39(55)65-42(8,9)10)30(50)35(58-19-18-49)62-33-29(46-38(54)64-41(5,6)7)20-28(45-37(53)63-40(2,3)4)32(31(33)51)61-34-27(43)17-16-26(60-34)21-44-36(52)59-22-24-12-14-25(15-13-24)48(56)57/h12-16,23,27-35,49-51H,17-22,43H2,1-11H3,(H,44,52)(H,45,53)(H,46,54)/t23-,27+,28-,29+,30+,31-,32+,33-,34+,35+/m0/s1. The van der Waals surface area contributed by atoms with Crippen LogP contribution in [0.4, 0.5) is 24.9 Å². The van der Waals surface area contributed by atoms with Gasteiger partial charge in [-0.3, -0.25) is 10.1 Å². The minimum absolute atomic E-state index is 0.118. The summed E-state index contributed by atoms with van der Waals surface area (Å²) in [5.74, 6) is 0.201. The first kappa shape index (κ1) is 54.3. The van der Waals surface area contributed by atoms with Gasteiger partial charge in [-0.2, -0.15) is 0 Å². The van der Waals surface area contributed by atoms with E-state index in [1.807, 2.05) is 0 Å². The van der Waals surface area contributed by atoms with Crippen molar-refractivity contribution in [3.8, 4) is 0 Å². The van der Waals surface area contributed by atoms with Crippen LogP contribution in [0.25, 0.3) is 0 Å². The first-order valence-corrected chi connectivity index (χ1v) is 21.2. The molecule has 368 valence electrons. The number of rotatable bonds is 17. The fraction of sp³-hybridized carbons (Fsp3) is 0.714. The summed E-state index contributed by atoms with van der Waals surface area (Å²) >= 11 is 0. The molecule has 3 rings (SSSR count). The van der Waals surface area contributed by atoms with E-state index in [0.717, 1.165) is 4.90 Å². The van der Waals surface area contributed by atoms with Crippen LogP contribution in [0.3, 0.4) is 0 Å². The molecule has 0 spiro atoms. The molecule has 1 aromatic rings. The number of nitro benzene ring substituents is 1. The van der Waals surface area contributed by atoms with Crippen LogP contribution < -0.4 is 21.7 Å². The Morgan fingerprint density at radius 2 is 1.48 bits per heavy atom. The summed E-state index contributed by atoms with van der Waals surface area (Å²) in [6.07, 6.45) is -11.3. The molecule has 23 nitrogen and oxygen atoms in total. The average molecular weight is 929 g/mol. The maximum absolute atomic E-state index is 13.3. The van der Waals surface area contributed by atoms with Crippen molar-refractivity contribution in [3.05, 3.63) is 51.8 Å². The maximum Gasteiger partial charge on any atom is 0.410 e. The summed E-state index contributed by atoms with van der Waals surface area (Å²) in [6.45, 7) is 15.1. The Labute approximate surface area is 378 Å². The zero-order chi connectivity index (χ0) is 49.0. The SMILES string of the molecule is C[C@@H]([C@@H](O)[C@H](OCCO)O[C@@H]1[C@@H](O)[C@H](O[C@H]2OC(CNC(=O)OCc3ccc([N+](=O)[O-])cc3)=CC[C@H]2N)[C@@H](NC(=O)OC(C)(C)C)C[C@H]1NC(=O)OC(C)(C)C)N(C)C(=O)OC(C)(C)C. The number of aliphatic hydroxyl groups excluding tert-OH is 3. The topological polar surface area (TPSA) is 311 Å². The lowest BCUT2D eigenvalue weighted by Crippen LogP contribution is -2.68. The number of hydrogen-bond donors (Lipinski definition) is 7. The van der Waals surface area contributed by atoms with E-state index in [1.54, 1.807) is 68.4 Å². The zero-order valence-electron chi connectivity index (χ0n) is 38.9. The molecule has 1 aliphatic carbocycles. The molecule has 65 heavy (non-hydrogen) atoms. The third-order valence-electron chi connectivity index (χ3n) is 9.56. The number of hydrogen-bond acceptors (Lipinski definition) is 18. The molecule has 1 heterocycles. The number of carbonyl (C=O) groups is 4. The molecule has 1 saturated carbocycles. The van der Waals surface area contributed by atoms with Gasteiger partial charge in [0.25, 0.3) is 5.69 Å². The lowest BCUT2D eigenvalue weighted by atomic mass is 9.83. The number of benzene rings is 1. The highest BCUT2D eigenvalue weighted by Crippen LogP contribution is 2.32. The largest absolute Gasteiger partial charge is 0.466 e. The van der Waals surface area contributed by atoms with Gasteiger partial charge >= 0.3 is 24.4 Å². The van der Waals surface area contributed by atoms with Gasteiger partial charge in [-0.1, -0.05) is 0 Å². The lowest BCUT2D eigenvalue weighted by molar-refractivity contribution is -0.384. The summed E-state index contributed by atoms with van der Waals surface area (Å²) < 4.78 is 46.2. The number of aliphatic hydroxyl groups is 3. The molecular formula is C42H68N6O17. The summed E-state index contributed by atoms with van der Waals surface area (Å²) in [6, 6.07) is 1.20. The van der Waals surface area contributed by atoms with Crippen molar-refractivity contribution in [1.82, 2.24) is 20.9 Å². The maximum atomic E-state index is 13.3. The van der Waals surface area contributed by atoms with Gasteiger partial charge in [0.2, 0.25) is 6.29 Å². The molecule has 23 heteroatoms. The lowest BCUT2D eigenvalue weighted by Gasteiger charge is -2.47. The number of nitrogens with two attached hydrogens (primary N) is 1. The minimum Gasteiger partial charge on any atom is -0.466 e. The van der Waals surface area contributed by atoms with E-state index < -0.39 is 114 Å². The van der Waals surface area contributed by atoms with E-state index in [1.165, 1.54) is 38.2 Å². The number of amides is 4. The van der Waals surface area contributed by atoms with Crippen LogP contribution in [-0.4, -0.2) is 154 Å². The van der Waals surface area contributed by atoms with Gasteiger partial charge in [-0.05, 0) is 106 Å². The van der Waals surface area contributed by atoms with Crippen LogP contribution in [0.1, 0.15) is 87.6 Å². The highest BCUT2D eigenvalue weighted by Gasteiger charge is 2.51. The number of carbonyl (C=O) groups excluding carboxylic acids is 4. The summed E-state index contributed by atoms with van der Waals surface area (Å²) in [5, 5.41) is 52.6. The van der Waals surface area contributed by atoms with Gasteiger partial charge in [-0.25, -0.2) is 19.2 Å². The second-order valence-electron chi connectivity index (χ2n) is 18.6. The summed E-state index contributed by atoms with van der Waals surface area (Å²) in [5.41, 5.74) is 4.06. The minimum atomic E-state index is -1.80. The Hall–Kier alpha value is -5.04. The summed E-state index contributed by atoms with van der Waals surface area (Å²) in [7, 11) is 1.39. The molecule has 0 unspecified atom stereocenters. The molecular weight excluding hydrogens is 860 g/mol. The van der Waals surface area contributed by atoms with Crippen molar-refractivity contribution in [1.29, 1.82) is 0 Å². The summed E-state index contributed by atoms with van der Waals surface area (Å²) in [4.78, 5) is 63.7. The van der Waals surface area contributed by atoms with Gasteiger partial charge in [-0.15, -0.1) is 0 Å². The van der Waals surface area contributed by atoms with Crippen LogP contribution in [0.15, 0.2) is 36.1 Å². The van der Waals surface area contributed by atoms with Crippen molar-refractivity contribution < 1.29 is 77.3 Å². The van der Waals surface area contributed by atoms with Gasteiger partial charge in [0.1, 0.15) is 53.6 Å². The molecule has 8 N–H and O–H groups in total. The Balaban J connectivity index is 1.93. The Bertz CT molecular complexity index is 1780. The van der Waals surface area contributed by atoms with Crippen molar-refractivity contribution in [2.45, 2.75) is 167 Å². The molecule has 0 aromatic heterocycles. The van der Waals surface area contributed by atoms with Gasteiger partial charge in [0, 0.05) is 19.2 Å². The smallest absolute Gasteiger partial charge is 0.410 e. The van der Waals surface area contributed by atoms with Gasteiger partial charge in [0.15, 0.2) is 6.29 Å². The Morgan fingerprint density at radius 3 is 2.00 bits per heavy atom. The predicted octanol–water partition coefficient (Wildman–Crippen LogP) is 3.05. The van der Waals surface area contributed by atoms with Crippen molar-refractivity contribution in [2.24, 2.45) is 5.73 Å². The van der Waals surface area contributed by atoms with Crippen LogP contribution in [0.5, 0.6) is 0 Å². The van der Waals surface area contributed by atoms with Crippen LogP contribution in [0, 0.1) is 10.1 Å². The van der Waals surface area contributed by atoms with Crippen molar-refractivity contribution in [3.63, 3.8) is 0 Å². The van der Waals surface area contributed by atoms with Crippen molar-refractivity contribution >= 4 is 30.1 Å². The van der Waals surface area contributed by atoms with E-state index in [-0.39, 0.29) is 44.0 Å².